The minimum atomic E-state index is -3.85. The van der Waals surface area contributed by atoms with E-state index in [1.807, 2.05) is 16.7 Å². The number of carboxylic acid groups (broad SMARTS) is 1. The molecule has 1 heterocycles. The average molecular weight is 491 g/mol. The van der Waals surface area contributed by atoms with Crippen LogP contribution in [0.4, 0.5) is 11.4 Å². The molecule has 34 heavy (non-hydrogen) atoms. The Morgan fingerprint density at radius 2 is 1.74 bits per heavy atom. The lowest BCUT2D eigenvalue weighted by Gasteiger charge is -2.36. The Morgan fingerprint density at radius 1 is 1.06 bits per heavy atom. The molecule has 0 spiro atoms. The molecule has 2 aromatic carbocycles. The molecule has 1 saturated heterocycles. The first-order valence-corrected chi connectivity index (χ1v) is 12.4. The molecule has 184 valence electrons. The van der Waals surface area contributed by atoms with Gasteiger partial charge in [-0.3, -0.25) is 14.4 Å². The zero-order valence-electron chi connectivity index (χ0n) is 19.3. The second kappa shape index (κ2) is 11.3. The highest BCUT2D eigenvalue weighted by Crippen LogP contribution is 2.27. The van der Waals surface area contributed by atoms with E-state index in [1.54, 1.807) is 31.4 Å². The Morgan fingerprint density at radius 3 is 2.35 bits per heavy atom. The van der Waals surface area contributed by atoms with Crippen molar-refractivity contribution in [2.75, 3.05) is 62.6 Å². The monoisotopic (exact) mass is 490 g/mol. The van der Waals surface area contributed by atoms with E-state index in [0.717, 1.165) is 5.56 Å². The molecule has 0 atom stereocenters. The summed E-state index contributed by atoms with van der Waals surface area (Å²) in [6, 6.07) is 10.9. The fourth-order valence-corrected chi connectivity index (χ4v) is 4.73. The number of benzene rings is 2. The fourth-order valence-electron chi connectivity index (χ4n) is 3.68. The van der Waals surface area contributed by atoms with Crippen LogP contribution in [0.2, 0.25) is 0 Å². The van der Waals surface area contributed by atoms with Crippen LogP contribution in [0.3, 0.4) is 0 Å². The molecule has 0 radical (unpaired) electrons. The summed E-state index contributed by atoms with van der Waals surface area (Å²) in [6.07, 6.45) is 0. The van der Waals surface area contributed by atoms with Crippen molar-refractivity contribution in [3.63, 3.8) is 0 Å². The molecule has 1 fully saturated rings. The number of nitrogens with one attached hydrogen (secondary N) is 2. The number of carbonyl (C=O) groups is 2. The van der Waals surface area contributed by atoms with E-state index in [9.17, 15) is 23.1 Å². The van der Waals surface area contributed by atoms with Crippen molar-refractivity contribution in [3.05, 3.63) is 53.6 Å². The predicted molar refractivity (Wildman–Crippen MR) is 129 cm³/mol. The predicted octanol–water partition coefficient (Wildman–Crippen LogP) is 1.38. The largest absolute Gasteiger partial charge is 0.478 e. The van der Waals surface area contributed by atoms with Crippen molar-refractivity contribution in [2.45, 2.75) is 11.8 Å². The molecule has 1 aliphatic rings. The third-order valence-corrected chi connectivity index (χ3v) is 6.92. The summed E-state index contributed by atoms with van der Waals surface area (Å²) in [7, 11) is -2.27. The number of sulfonamides is 1. The summed E-state index contributed by atoms with van der Waals surface area (Å²) in [4.78, 5) is 28.0. The number of hydrogen-bond acceptors (Lipinski definition) is 7. The minimum Gasteiger partial charge on any atom is -0.478 e. The van der Waals surface area contributed by atoms with Gasteiger partial charge in [-0.1, -0.05) is 17.7 Å². The lowest BCUT2D eigenvalue weighted by Crippen LogP contribution is -2.50. The maximum Gasteiger partial charge on any atom is 0.337 e. The van der Waals surface area contributed by atoms with Crippen molar-refractivity contribution in [2.24, 2.45) is 0 Å². The number of amides is 1. The molecule has 0 bridgehead atoms. The summed E-state index contributed by atoms with van der Waals surface area (Å²) in [5.41, 5.74) is 1.63. The van der Waals surface area contributed by atoms with Crippen molar-refractivity contribution in [1.29, 1.82) is 0 Å². The second-order valence-electron chi connectivity index (χ2n) is 8.06. The van der Waals surface area contributed by atoms with Crippen molar-refractivity contribution < 1.29 is 27.9 Å². The van der Waals surface area contributed by atoms with Crippen LogP contribution in [0.15, 0.2) is 47.4 Å². The molecular weight excluding hydrogens is 460 g/mol. The van der Waals surface area contributed by atoms with Gasteiger partial charge in [-0.05, 0) is 37.3 Å². The van der Waals surface area contributed by atoms with Gasteiger partial charge >= 0.3 is 5.97 Å². The third kappa shape index (κ3) is 6.69. The number of aryl methyl sites for hydroxylation is 1. The van der Waals surface area contributed by atoms with Crippen molar-refractivity contribution in [3.8, 4) is 0 Å². The van der Waals surface area contributed by atoms with Crippen LogP contribution < -0.4 is 14.9 Å². The maximum absolute atomic E-state index is 12.7. The number of carboxylic acids is 1. The number of carbonyl (C=O) groups excluding carboxylic acids is 1. The van der Waals surface area contributed by atoms with Crippen LogP contribution >= 0.6 is 0 Å². The van der Waals surface area contributed by atoms with Gasteiger partial charge in [0.15, 0.2) is 0 Å². The summed E-state index contributed by atoms with van der Waals surface area (Å²) in [5.74, 6) is -1.23. The molecule has 2 aromatic rings. The summed E-state index contributed by atoms with van der Waals surface area (Å²) >= 11 is 0. The van der Waals surface area contributed by atoms with E-state index in [4.69, 9.17) is 4.74 Å². The minimum absolute atomic E-state index is 0.00913. The summed E-state index contributed by atoms with van der Waals surface area (Å²) in [5, 5.41) is 12.5. The van der Waals surface area contributed by atoms with E-state index >= 15 is 0 Å². The average Bonchev–Trinajstić information content (AvgIpc) is 2.80. The quantitative estimate of drug-likeness (QED) is 0.426. The first-order valence-electron chi connectivity index (χ1n) is 10.9. The molecule has 3 rings (SSSR count). The molecule has 1 aliphatic heterocycles. The van der Waals surface area contributed by atoms with Gasteiger partial charge in [0.2, 0.25) is 5.91 Å². The van der Waals surface area contributed by atoms with Gasteiger partial charge in [0, 0.05) is 45.5 Å². The Labute approximate surface area is 199 Å². The highest BCUT2D eigenvalue weighted by molar-refractivity contribution is 7.92. The number of nitrogens with zero attached hydrogens (tertiary/aromatic N) is 2. The number of aromatic carboxylic acids is 1. The van der Waals surface area contributed by atoms with E-state index in [2.05, 4.69) is 10.0 Å². The van der Waals surface area contributed by atoms with Gasteiger partial charge in [-0.15, -0.1) is 0 Å². The van der Waals surface area contributed by atoms with Gasteiger partial charge in [0.25, 0.3) is 10.0 Å². The van der Waals surface area contributed by atoms with Gasteiger partial charge in [-0.2, -0.15) is 0 Å². The highest BCUT2D eigenvalue weighted by Gasteiger charge is 2.24. The standard InChI is InChI=1S/C23H30N4O6S/c1-17-3-6-19(7-4-17)34(31,32)25-18-5-8-21(20(15-18)23(29)30)27-12-10-26(11-13-27)16-22(28)24-9-14-33-2/h3-8,15,25H,9-14,16H2,1-2H3,(H,24,28)(H,29,30). The lowest BCUT2D eigenvalue weighted by molar-refractivity contribution is -0.122. The van der Waals surface area contributed by atoms with Gasteiger partial charge in [0.1, 0.15) is 0 Å². The number of rotatable bonds is 10. The first kappa shape index (κ1) is 25.5. The van der Waals surface area contributed by atoms with E-state index < -0.39 is 16.0 Å². The third-order valence-electron chi connectivity index (χ3n) is 5.52. The lowest BCUT2D eigenvalue weighted by atomic mass is 10.1. The van der Waals surface area contributed by atoms with E-state index in [1.165, 1.54) is 18.2 Å². The number of ether oxygens (including phenoxy) is 1. The zero-order chi connectivity index (χ0) is 24.7. The SMILES string of the molecule is COCCNC(=O)CN1CCN(c2ccc(NS(=O)(=O)c3ccc(C)cc3)cc2C(=O)O)CC1. The van der Waals surface area contributed by atoms with E-state index in [0.29, 0.717) is 45.0 Å². The van der Waals surface area contributed by atoms with Gasteiger partial charge in [0.05, 0.1) is 29.3 Å². The molecule has 10 nitrogen and oxygen atoms in total. The normalized spacial score (nSPS) is 14.6. The molecule has 11 heteroatoms. The molecule has 1 amide bonds. The van der Waals surface area contributed by atoms with Crippen LogP contribution in [0.25, 0.3) is 0 Å². The molecule has 0 unspecified atom stereocenters. The number of anilines is 2. The molecule has 0 aromatic heterocycles. The van der Waals surface area contributed by atoms with Crippen LogP contribution in [0.5, 0.6) is 0 Å². The summed E-state index contributed by atoms with van der Waals surface area (Å²) < 4.78 is 32.7. The molecule has 0 aliphatic carbocycles. The van der Waals surface area contributed by atoms with E-state index in [-0.39, 0.29) is 28.6 Å². The molecule has 0 saturated carbocycles. The van der Waals surface area contributed by atoms with Crippen LogP contribution in [-0.4, -0.2) is 83.3 Å². The van der Waals surface area contributed by atoms with Gasteiger partial charge < -0.3 is 20.1 Å². The van der Waals surface area contributed by atoms with Gasteiger partial charge in [-0.25, -0.2) is 13.2 Å². The van der Waals surface area contributed by atoms with Crippen molar-refractivity contribution in [1.82, 2.24) is 10.2 Å². The number of methoxy groups -OCH3 is 1. The Balaban J connectivity index is 1.66. The second-order valence-corrected chi connectivity index (χ2v) is 9.74. The number of piperazine rings is 1. The molecule has 3 N–H and O–H groups in total. The Hall–Kier alpha value is -3.15. The zero-order valence-corrected chi connectivity index (χ0v) is 20.1. The maximum atomic E-state index is 12.7. The van der Waals surface area contributed by atoms with Crippen LogP contribution in [0.1, 0.15) is 15.9 Å². The fraction of sp³-hybridized carbons (Fsp3) is 0.391. The first-order chi connectivity index (χ1) is 16.2. The van der Waals surface area contributed by atoms with Crippen LogP contribution in [0, 0.1) is 6.92 Å². The number of hydrogen-bond donors (Lipinski definition) is 3. The smallest absolute Gasteiger partial charge is 0.337 e. The Bertz CT molecular complexity index is 1110. The highest BCUT2D eigenvalue weighted by atomic mass is 32.2. The topological polar surface area (TPSA) is 128 Å². The van der Waals surface area contributed by atoms with Crippen LogP contribution in [-0.2, 0) is 19.6 Å². The Kier molecular flexibility index (Phi) is 8.48. The summed E-state index contributed by atoms with van der Waals surface area (Å²) in [6.45, 7) is 5.31. The molecular formula is C23H30N4O6S. The van der Waals surface area contributed by atoms with Crippen molar-refractivity contribution >= 4 is 33.3 Å².